The van der Waals surface area contributed by atoms with Crippen LogP contribution in [0.1, 0.15) is 22.7 Å². The van der Waals surface area contributed by atoms with Gasteiger partial charge in [-0.25, -0.2) is 8.78 Å². The van der Waals surface area contributed by atoms with Crippen molar-refractivity contribution in [2.24, 2.45) is 5.73 Å². The molecule has 0 aliphatic heterocycles. The normalized spacial score (nSPS) is 13.8. The predicted octanol–water partition coefficient (Wildman–Crippen LogP) is 4.25. The highest BCUT2D eigenvalue weighted by molar-refractivity contribution is 5.85. The minimum absolute atomic E-state index is 0. The summed E-state index contributed by atoms with van der Waals surface area (Å²) in [6.45, 7) is -1.54. The van der Waals surface area contributed by atoms with Crippen LogP contribution in [0.2, 0.25) is 0 Å². The van der Waals surface area contributed by atoms with Crippen molar-refractivity contribution in [2.45, 2.75) is 18.4 Å². The zero-order chi connectivity index (χ0) is 15.0. The van der Waals surface area contributed by atoms with Crippen molar-refractivity contribution in [2.75, 3.05) is 6.67 Å². The highest BCUT2D eigenvalue weighted by atomic mass is 35.5. The van der Waals surface area contributed by atoms with Crippen molar-refractivity contribution in [3.8, 4) is 0 Å². The van der Waals surface area contributed by atoms with E-state index in [-0.39, 0.29) is 24.5 Å². The molecule has 10 heteroatoms. The summed E-state index contributed by atoms with van der Waals surface area (Å²) in [4.78, 5) is 0. The summed E-state index contributed by atoms with van der Waals surface area (Å²) in [7, 11) is 0. The lowest BCUT2D eigenvalue weighted by atomic mass is 9.97. The van der Waals surface area contributed by atoms with E-state index in [0.717, 1.165) is 0 Å². The van der Waals surface area contributed by atoms with Gasteiger partial charge in [-0.2, -0.15) is 26.3 Å². The Morgan fingerprint density at radius 3 is 1.85 bits per heavy atom. The van der Waals surface area contributed by atoms with E-state index in [1.807, 2.05) is 0 Å². The Morgan fingerprint density at radius 1 is 1.00 bits per heavy atom. The van der Waals surface area contributed by atoms with Crippen molar-refractivity contribution in [3.63, 3.8) is 0 Å². The molecule has 0 fully saturated rings. The molecule has 1 atom stereocenters. The Kier molecular flexibility index (Phi) is 5.79. The van der Waals surface area contributed by atoms with E-state index in [1.54, 1.807) is 0 Å². The number of halogens is 9. The van der Waals surface area contributed by atoms with Crippen LogP contribution in [0.5, 0.6) is 0 Å². The molecule has 0 aromatic heterocycles. The molecule has 0 amide bonds. The monoisotopic (exact) mass is 329 g/mol. The smallest absolute Gasteiger partial charge is 0.322 e. The van der Waals surface area contributed by atoms with Crippen LogP contribution in [0.15, 0.2) is 12.1 Å². The Morgan fingerprint density at radius 2 is 1.50 bits per heavy atom. The molecule has 2 N–H and O–H groups in total. The quantitative estimate of drug-likeness (QED) is 0.806. The molecule has 20 heavy (non-hydrogen) atoms. The Hall–Kier alpha value is -1.09. The summed E-state index contributed by atoms with van der Waals surface area (Å²) in [6, 6.07) is -2.41. The first kappa shape index (κ1) is 18.9. The number of hydrogen-bond donors (Lipinski definition) is 1. The maximum absolute atomic E-state index is 13.4. The van der Waals surface area contributed by atoms with E-state index in [0.29, 0.717) is 0 Å². The average molecular weight is 330 g/mol. The van der Waals surface area contributed by atoms with Gasteiger partial charge in [-0.15, -0.1) is 12.4 Å². The number of alkyl halides is 7. The summed E-state index contributed by atoms with van der Waals surface area (Å²) in [5.41, 5.74) is -0.1000. The second kappa shape index (κ2) is 6.13. The zero-order valence-electron chi connectivity index (χ0n) is 9.45. The molecular formula is C10H8ClF8N. The predicted molar refractivity (Wildman–Crippen MR) is 56.6 cm³/mol. The van der Waals surface area contributed by atoms with Crippen LogP contribution < -0.4 is 5.73 Å². The van der Waals surface area contributed by atoms with Crippen molar-refractivity contribution in [1.82, 2.24) is 0 Å². The second-order valence-corrected chi connectivity index (χ2v) is 3.68. The summed E-state index contributed by atoms with van der Waals surface area (Å²) in [5, 5.41) is 0. The number of rotatable bonds is 2. The van der Waals surface area contributed by atoms with Crippen molar-refractivity contribution in [1.29, 1.82) is 0 Å². The molecule has 1 rings (SSSR count). The summed E-state index contributed by atoms with van der Waals surface area (Å²) < 4.78 is 100. The van der Waals surface area contributed by atoms with E-state index in [1.165, 1.54) is 0 Å². The molecule has 0 spiro atoms. The first-order valence-corrected chi connectivity index (χ1v) is 4.78. The van der Waals surface area contributed by atoms with E-state index in [4.69, 9.17) is 5.73 Å². The first-order valence-electron chi connectivity index (χ1n) is 4.78. The van der Waals surface area contributed by atoms with E-state index in [2.05, 4.69) is 0 Å². The van der Waals surface area contributed by atoms with Gasteiger partial charge in [-0.1, -0.05) is 0 Å². The van der Waals surface area contributed by atoms with Crippen LogP contribution in [0, 0.1) is 5.82 Å². The van der Waals surface area contributed by atoms with Gasteiger partial charge in [-0.05, 0) is 12.1 Å². The molecule has 0 aliphatic carbocycles. The van der Waals surface area contributed by atoms with E-state index >= 15 is 0 Å². The third kappa shape index (κ3) is 3.95. The minimum atomic E-state index is -5.27. The number of nitrogens with two attached hydrogens (primary N) is 1. The highest BCUT2D eigenvalue weighted by Gasteiger charge is 2.40. The highest BCUT2D eigenvalue weighted by Crippen LogP contribution is 2.40. The molecule has 1 aromatic rings. The molecule has 0 aliphatic rings. The third-order valence-corrected chi connectivity index (χ3v) is 2.30. The van der Waals surface area contributed by atoms with Gasteiger partial charge in [0.25, 0.3) is 0 Å². The lowest BCUT2D eigenvalue weighted by Gasteiger charge is -2.19. The largest absolute Gasteiger partial charge is 0.416 e. The van der Waals surface area contributed by atoms with Crippen LogP contribution in [-0.4, -0.2) is 6.67 Å². The van der Waals surface area contributed by atoms with Gasteiger partial charge >= 0.3 is 12.4 Å². The van der Waals surface area contributed by atoms with Crippen LogP contribution >= 0.6 is 12.4 Å². The van der Waals surface area contributed by atoms with Gasteiger partial charge in [0.1, 0.15) is 12.5 Å². The van der Waals surface area contributed by atoms with Gasteiger partial charge in [0.2, 0.25) is 0 Å². The van der Waals surface area contributed by atoms with Gasteiger partial charge in [0.15, 0.2) is 0 Å². The van der Waals surface area contributed by atoms with Crippen LogP contribution in [0.25, 0.3) is 0 Å². The second-order valence-electron chi connectivity index (χ2n) is 3.68. The molecule has 1 nitrogen and oxygen atoms in total. The fourth-order valence-electron chi connectivity index (χ4n) is 1.47. The van der Waals surface area contributed by atoms with Crippen molar-refractivity contribution < 1.29 is 35.1 Å². The molecular weight excluding hydrogens is 322 g/mol. The molecule has 0 bridgehead atoms. The SMILES string of the molecule is Cl.N[C@@H](CF)c1c(F)cc(C(F)(F)F)cc1C(F)(F)F. The summed E-state index contributed by atoms with van der Waals surface area (Å²) >= 11 is 0. The maximum atomic E-state index is 13.4. The van der Waals surface area contributed by atoms with E-state index in [9.17, 15) is 35.1 Å². The van der Waals surface area contributed by atoms with Gasteiger partial charge < -0.3 is 5.73 Å². The van der Waals surface area contributed by atoms with Gasteiger partial charge in [0.05, 0.1) is 17.2 Å². The van der Waals surface area contributed by atoms with Crippen molar-refractivity contribution >= 4 is 12.4 Å². The van der Waals surface area contributed by atoms with Crippen LogP contribution in [-0.2, 0) is 12.4 Å². The van der Waals surface area contributed by atoms with Crippen LogP contribution in [0.3, 0.4) is 0 Å². The summed E-state index contributed by atoms with van der Waals surface area (Å²) in [5.74, 6) is -1.84. The molecule has 0 heterocycles. The molecule has 0 radical (unpaired) electrons. The Balaban J connectivity index is 0.00000361. The lowest BCUT2D eigenvalue weighted by Crippen LogP contribution is -2.22. The number of hydrogen-bond acceptors (Lipinski definition) is 1. The van der Waals surface area contributed by atoms with Gasteiger partial charge in [0, 0.05) is 5.56 Å². The zero-order valence-corrected chi connectivity index (χ0v) is 10.3. The standard InChI is InChI=1S/C10H7F8N.ClH/c11-3-7(19)8-5(10(16,17)18)1-4(2-6(8)12)9(13,14)15;/h1-2,7H,3,19H2;1H/t7-;/m0./s1. The maximum Gasteiger partial charge on any atom is 0.416 e. The Labute approximate surface area is 114 Å². The fourth-order valence-corrected chi connectivity index (χ4v) is 1.47. The lowest BCUT2D eigenvalue weighted by molar-refractivity contribution is -0.144. The molecule has 0 saturated heterocycles. The molecule has 1 aromatic carbocycles. The third-order valence-electron chi connectivity index (χ3n) is 2.30. The number of benzene rings is 1. The summed E-state index contributed by atoms with van der Waals surface area (Å²) in [6.07, 6.45) is -10.4. The average Bonchev–Trinajstić information content (AvgIpc) is 2.24. The van der Waals surface area contributed by atoms with E-state index < -0.39 is 47.6 Å². The van der Waals surface area contributed by atoms with Crippen LogP contribution in [0.4, 0.5) is 35.1 Å². The Bertz CT molecular complexity index is 468. The topological polar surface area (TPSA) is 26.0 Å². The van der Waals surface area contributed by atoms with Crippen molar-refractivity contribution in [3.05, 3.63) is 34.6 Å². The van der Waals surface area contributed by atoms with Gasteiger partial charge in [-0.3, -0.25) is 0 Å². The fraction of sp³-hybridized carbons (Fsp3) is 0.400. The minimum Gasteiger partial charge on any atom is -0.322 e. The first-order chi connectivity index (χ1) is 8.48. The molecule has 0 saturated carbocycles. The molecule has 116 valence electrons. The molecule has 0 unspecified atom stereocenters.